The van der Waals surface area contributed by atoms with E-state index in [9.17, 15) is 22.7 Å². The van der Waals surface area contributed by atoms with Crippen molar-refractivity contribution in [2.45, 2.75) is 13.0 Å². The summed E-state index contributed by atoms with van der Waals surface area (Å²) in [6, 6.07) is 6.87. The third-order valence-electron chi connectivity index (χ3n) is 2.70. The molecule has 2 nitrogen and oxygen atoms in total. The second-order valence-electron chi connectivity index (χ2n) is 4.15. The average molecular weight is 321 g/mol. The summed E-state index contributed by atoms with van der Waals surface area (Å²) >= 11 is 5.93. The summed E-state index contributed by atoms with van der Waals surface area (Å²) in [5.41, 5.74) is 0.647. The highest BCUT2D eigenvalue weighted by atomic mass is 35.5. The molecule has 21 heavy (non-hydrogen) atoms. The summed E-state index contributed by atoms with van der Waals surface area (Å²) in [5, 5.41) is 9.41. The van der Waals surface area contributed by atoms with Gasteiger partial charge in [-0.3, -0.25) is 0 Å². The standard InChI is InChI=1S/C14H9ClF4O2/c15-13-4-2-9(16)5-12(13)11-6-10(21-14(17,18)19)3-1-8(11)7-20/h1-6,20H,7H2. The predicted octanol–water partition coefficient (Wildman–Crippen LogP) is 4.54. The number of benzene rings is 2. The van der Waals surface area contributed by atoms with Crippen molar-refractivity contribution in [3.8, 4) is 16.9 Å². The van der Waals surface area contributed by atoms with Crippen molar-refractivity contribution in [3.05, 3.63) is 52.8 Å². The van der Waals surface area contributed by atoms with Gasteiger partial charge in [-0.05, 0) is 41.5 Å². The van der Waals surface area contributed by atoms with E-state index in [0.717, 1.165) is 24.3 Å². The minimum atomic E-state index is -4.84. The van der Waals surface area contributed by atoms with Crippen LogP contribution in [-0.4, -0.2) is 11.5 Å². The molecule has 0 fully saturated rings. The molecule has 0 aliphatic heterocycles. The molecule has 7 heteroatoms. The molecular weight excluding hydrogens is 312 g/mol. The predicted molar refractivity (Wildman–Crippen MR) is 69.5 cm³/mol. The van der Waals surface area contributed by atoms with Crippen LogP contribution in [0.25, 0.3) is 11.1 Å². The number of alkyl halides is 3. The average Bonchev–Trinajstić information content (AvgIpc) is 2.39. The van der Waals surface area contributed by atoms with E-state index in [1.165, 1.54) is 12.1 Å². The third-order valence-corrected chi connectivity index (χ3v) is 3.03. The lowest BCUT2D eigenvalue weighted by molar-refractivity contribution is -0.274. The van der Waals surface area contributed by atoms with E-state index < -0.39 is 24.5 Å². The van der Waals surface area contributed by atoms with Crippen molar-refractivity contribution in [1.82, 2.24) is 0 Å². The van der Waals surface area contributed by atoms with Crippen LogP contribution in [0.5, 0.6) is 5.75 Å². The Bertz CT molecular complexity index is 656. The Balaban J connectivity index is 2.55. The van der Waals surface area contributed by atoms with Crippen LogP contribution in [0.15, 0.2) is 36.4 Å². The number of aliphatic hydroxyl groups is 1. The van der Waals surface area contributed by atoms with E-state index in [4.69, 9.17) is 11.6 Å². The van der Waals surface area contributed by atoms with E-state index in [0.29, 0.717) is 5.56 Å². The van der Waals surface area contributed by atoms with Crippen molar-refractivity contribution in [2.75, 3.05) is 0 Å². The Hall–Kier alpha value is -1.79. The van der Waals surface area contributed by atoms with E-state index in [1.807, 2.05) is 0 Å². The second-order valence-corrected chi connectivity index (χ2v) is 4.56. The van der Waals surface area contributed by atoms with Gasteiger partial charge in [0.2, 0.25) is 0 Å². The summed E-state index contributed by atoms with van der Waals surface area (Å²) in [6.45, 7) is -0.436. The van der Waals surface area contributed by atoms with E-state index >= 15 is 0 Å². The van der Waals surface area contributed by atoms with Gasteiger partial charge in [-0.1, -0.05) is 17.7 Å². The molecule has 2 aromatic carbocycles. The van der Waals surface area contributed by atoms with Crippen LogP contribution in [0.1, 0.15) is 5.56 Å². The molecule has 1 N–H and O–H groups in total. The molecule has 112 valence electrons. The van der Waals surface area contributed by atoms with Gasteiger partial charge in [0, 0.05) is 10.6 Å². The van der Waals surface area contributed by atoms with E-state index in [2.05, 4.69) is 4.74 Å². The SMILES string of the molecule is OCc1ccc(OC(F)(F)F)cc1-c1cc(F)ccc1Cl. The highest BCUT2D eigenvalue weighted by Crippen LogP contribution is 2.35. The first-order valence-corrected chi connectivity index (χ1v) is 6.13. The van der Waals surface area contributed by atoms with Gasteiger partial charge in [0.1, 0.15) is 11.6 Å². The van der Waals surface area contributed by atoms with Gasteiger partial charge in [-0.2, -0.15) is 0 Å². The van der Waals surface area contributed by atoms with Gasteiger partial charge < -0.3 is 9.84 Å². The molecule has 0 spiro atoms. The van der Waals surface area contributed by atoms with Crippen molar-refractivity contribution >= 4 is 11.6 Å². The monoisotopic (exact) mass is 320 g/mol. The highest BCUT2D eigenvalue weighted by molar-refractivity contribution is 6.33. The number of aliphatic hydroxyl groups excluding tert-OH is 1. The first-order chi connectivity index (χ1) is 9.80. The van der Waals surface area contributed by atoms with Crippen molar-refractivity contribution in [2.24, 2.45) is 0 Å². The van der Waals surface area contributed by atoms with Crippen LogP contribution >= 0.6 is 11.6 Å². The van der Waals surface area contributed by atoms with Gasteiger partial charge in [0.25, 0.3) is 0 Å². The summed E-state index contributed by atoms with van der Waals surface area (Å²) in [7, 11) is 0. The topological polar surface area (TPSA) is 29.5 Å². The molecule has 0 aliphatic rings. The Kier molecular flexibility index (Phi) is 4.39. The fraction of sp³-hybridized carbons (Fsp3) is 0.143. The number of halogens is 5. The summed E-state index contributed by atoms with van der Waals surface area (Å²) in [6.07, 6.45) is -4.84. The minimum Gasteiger partial charge on any atom is -0.406 e. The summed E-state index contributed by atoms with van der Waals surface area (Å²) < 4.78 is 53.9. The van der Waals surface area contributed by atoms with Crippen LogP contribution in [0.3, 0.4) is 0 Å². The van der Waals surface area contributed by atoms with E-state index in [-0.39, 0.29) is 16.1 Å². The molecule has 0 unspecified atom stereocenters. The van der Waals surface area contributed by atoms with Crippen LogP contribution in [0.2, 0.25) is 5.02 Å². The molecule has 2 aromatic rings. The Labute approximate surface area is 122 Å². The molecule has 0 bridgehead atoms. The zero-order valence-electron chi connectivity index (χ0n) is 10.4. The molecule has 0 saturated heterocycles. The van der Waals surface area contributed by atoms with Crippen LogP contribution < -0.4 is 4.74 Å². The molecule has 0 heterocycles. The molecule has 0 radical (unpaired) electrons. The van der Waals surface area contributed by atoms with Crippen molar-refractivity contribution < 1.29 is 27.4 Å². The maximum Gasteiger partial charge on any atom is 0.573 e. The Morgan fingerprint density at radius 1 is 1.05 bits per heavy atom. The second kappa shape index (κ2) is 5.91. The molecule has 0 saturated carbocycles. The van der Waals surface area contributed by atoms with E-state index in [1.54, 1.807) is 0 Å². The van der Waals surface area contributed by atoms with Crippen LogP contribution in [0.4, 0.5) is 17.6 Å². The van der Waals surface area contributed by atoms with Crippen molar-refractivity contribution in [1.29, 1.82) is 0 Å². The number of ether oxygens (including phenoxy) is 1. The zero-order valence-corrected chi connectivity index (χ0v) is 11.2. The molecule has 0 atom stereocenters. The van der Waals surface area contributed by atoms with Gasteiger partial charge >= 0.3 is 6.36 Å². The fourth-order valence-electron chi connectivity index (χ4n) is 1.85. The fourth-order valence-corrected chi connectivity index (χ4v) is 2.06. The zero-order chi connectivity index (χ0) is 15.6. The highest BCUT2D eigenvalue weighted by Gasteiger charge is 2.31. The van der Waals surface area contributed by atoms with Gasteiger partial charge in [0.15, 0.2) is 0 Å². The van der Waals surface area contributed by atoms with Crippen LogP contribution in [-0.2, 0) is 6.61 Å². The first-order valence-electron chi connectivity index (χ1n) is 5.75. The molecular formula is C14H9ClF4O2. The largest absolute Gasteiger partial charge is 0.573 e. The Morgan fingerprint density at radius 2 is 1.76 bits per heavy atom. The molecule has 2 rings (SSSR count). The smallest absolute Gasteiger partial charge is 0.406 e. The first kappa shape index (κ1) is 15.6. The van der Waals surface area contributed by atoms with Crippen LogP contribution in [0, 0.1) is 5.82 Å². The number of hydrogen-bond acceptors (Lipinski definition) is 2. The minimum absolute atomic E-state index is 0.148. The summed E-state index contributed by atoms with van der Waals surface area (Å²) in [4.78, 5) is 0. The normalized spacial score (nSPS) is 11.5. The summed E-state index contributed by atoms with van der Waals surface area (Å²) in [5.74, 6) is -1.07. The van der Waals surface area contributed by atoms with Gasteiger partial charge in [0.05, 0.1) is 6.61 Å². The number of rotatable bonds is 3. The van der Waals surface area contributed by atoms with Gasteiger partial charge in [-0.15, -0.1) is 13.2 Å². The lowest BCUT2D eigenvalue weighted by Gasteiger charge is -2.14. The lowest BCUT2D eigenvalue weighted by atomic mass is 9.99. The molecule has 0 aliphatic carbocycles. The third kappa shape index (κ3) is 3.86. The molecule has 0 aromatic heterocycles. The lowest BCUT2D eigenvalue weighted by Crippen LogP contribution is -2.17. The quantitative estimate of drug-likeness (QED) is 0.842. The molecule has 0 amide bonds. The number of hydrogen-bond donors (Lipinski definition) is 1. The maximum atomic E-state index is 13.3. The van der Waals surface area contributed by atoms with Gasteiger partial charge in [-0.25, -0.2) is 4.39 Å². The van der Waals surface area contributed by atoms with Crippen molar-refractivity contribution in [3.63, 3.8) is 0 Å². The Morgan fingerprint density at radius 3 is 2.38 bits per heavy atom. The maximum absolute atomic E-state index is 13.3.